The van der Waals surface area contributed by atoms with Crippen LogP contribution in [0.1, 0.15) is 18.9 Å². The van der Waals surface area contributed by atoms with Crippen molar-refractivity contribution in [1.82, 2.24) is 19.1 Å². The van der Waals surface area contributed by atoms with Gasteiger partial charge in [-0.05, 0) is 36.4 Å². The summed E-state index contributed by atoms with van der Waals surface area (Å²) in [5.74, 6) is -1.81. The number of benzene rings is 1. The predicted molar refractivity (Wildman–Crippen MR) is 99.6 cm³/mol. The van der Waals surface area contributed by atoms with Crippen LogP contribution in [0.5, 0.6) is 0 Å². The largest absolute Gasteiger partial charge is 0.346 e. The summed E-state index contributed by atoms with van der Waals surface area (Å²) < 4.78 is 56.9. The van der Waals surface area contributed by atoms with Crippen LogP contribution in [0.15, 0.2) is 45.4 Å². The van der Waals surface area contributed by atoms with Crippen molar-refractivity contribution in [1.29, 1.82) is 0 Å². The molecular formula is C17H16F2N4O3S2. The number of nitrogens with one attached hydrogen (secondary N) is 1. The van der Waals surface area contributed by atoms with Gasteiger partial charge in [0.25, 0.3) is 0 Å². The highest BCUT2D eigenvalue weighted by molar-refractivity contribution is 7.89. The van der Waals surface area contributed by atoms with E-state index in [1.54, 1.807) is 4.57 Å². The van der Waals surface area contributed by atoms with E-state index in [0.717, 1.165) is 35.9 Å². The van der Waals surface area contributed by atoms with Crippen molar-refractivity contribution in [2.45, 2.75) is 30.3 Å². The van der Waals surface area contributed by atoms with Crippen LogP contribution in [-0.2, 0) is 16.6 Å². The first-order chi connectivity index (χ1) is 13.4. The molecule has 2 aromatic heterocycles. The smallest absolute Gasteiger partial charge is 0.271 e. The fraction of sp³-hybridized carbons (Fsp3) is 0.294. The van der Waals surface area contributed by atoms with Gasteiger partial charge >= 0.3 is 5.69 Å². The normalized spacial score (nSPS) is 14.5. The van der Waals surface area contributed by atoms with Gasteiger partial charge in [-0.25, -0.2) is 31.4 Å². The third-order valence-corrected chi connectivity index (χ3v) is 6.70. The molecule has 3 aromatic rings. The fourth-order valence-electron chi connectivity index (χ4n) is 2.90. The van der Waals surface area contributed by atoms with Gasteiger partial charge in [-0.1, -0.05) is 12.1 Å². The zero-order valence-electron chi connectivity index (χ0n) is 14.5. The molecule has 7 nitrogen and oxygen atoms in total. The summed E-state index contributed by atoms with van der Waals surface area (Å²) in [5, 5.41) is 6.22. The zero-order chi connectivity index (χ0) is 19.9. The van der Waals surface area contributed by atoms with Crippen molar-refractivity contribution >= 4 is 21.4 Å². The maximum absolute atomic E-state index is 13.7. The van der Waals surface area contributed by atoms with E-state index in [4.69, 9.17) is 0 Å². The number of halogens is 2. The van der Waals surface area contributed by atoms with Crippen molar-refractivity contribution in [3.05, 3.63) is 57.8 Å². The molecule has 2 heterocycles. The molecule has 1 saturated carbocycles. The Balaban J connectivity index is 1.55. The van der Waals surface area contributed by atoms with Gasteiger partial charge < -0.3 is 0 Å². The number of thiophene rings is 1. The lowest BCUT2D eigenvalue weighted by atomic mass is 10.3. The molecule has 0 spiro atoms. The van der Waals surface area contributed by atoms with Crippen molar-refractivity contribution in [2.75, 3.05) is 6.54 Å². The van der Waals surface area contributed by atoms with Crippen molar-refractivity contribution in [3.8, 4) is 10.7 Å². The third-order valence-electron chi connectivity index (χ3n) is 4.33. The summed E-state index contributed by atoms with van der Waals surface area (Å²) in [6.07, 6.45) is 1.78. The summed E-state index contributed by atoms with van der Waals surface area (Å²) in [6.45, 7) is -0.298. The molecule has 0 atom stereocenters. The highest BCUT2D eigenvalue weighted by Gasteiger charge is 2.31. The summed E-state index contributed by atoms with van der Waals surface area (Å²) in [4.78, 5) is 12.5. The van der Waals surface area contributed by atoms with E-state index in [1.165, 1.54) is 16.0 Å². The van der Waals surface area contributed by atoms with Crippen molar-refractivity contribution in [2.24, 2.45) is 0 Å². The molecule has 0 aliphatic heterocycles. The Bertz CT molecular complexity index is 1150. The lowest BCUT2D eigenvalue weighted by Crippen LogP contribution is -2.32. The molecule has 1 fully saturated rings. The highest BCUT2D eigenvalue weighted by Crippen LogP contribution is 2.37. The number of nitrogens with zero attached hydrogens (tertiary/aromatic N) is 3. The molecular weight excluding hydrogens is 410 g/mol. The molecule has 1 aliphatic rings. The number of hydrogen-bond acceptors (Lipinski definition) is 5. The minimum Gasteiger partial charge on any atom is -0.271 e. The van der Waals surface area contributed by atoms with Crippen molar-refractivity contribution in [3.63, 3.8) is 0 Å². The van der Waals surface area contributed by atoms with Gasteiger partial charge in [0.05, 0.1) is 11.4 Å². The average Bonchev–Trinajstić information content (AvgIpc) is 3.20. The molecule has 0 amide bonds. The molecule has 28 heavy (non-hydrogen) atoms. The predicted octanol–water partition coefficient (Wildman–Crippen LogP) is 2.36. The van der Waals surface area contributed by atoms with Gasteiger partial charge in [0.2, 0.25) is 10.0 Å². The van der Waals surface area contributed by atoms with Gasteiger partial charge in [-0.2, -0.15) is 0 Å². The second-order valence-corrected chi connectivity index (χ2v) is 9.01. The maximum Gasteiger partial charge on any atom is 0.346 e. The van der Waals surface area contributed by atoms with Crippen LogP contribution in [0.3, 0.4) is 0 Å². The van der Waals surface area contributed by atoms with E-state index in [-0.39, 0.29) is 24.8 Å². The number of rotatable bonds is 7. The number of hydrogen-bond donors (Lipinski definition) is 1. The number of sulfonamides is 1. The van der Waals surface area contributed by atoms with Crippen LogP contribution in [0.25, 0.3) is 10.7 Å². The molecule has 1 N–H and O–H groups in total. The minimum atomic E-state index is -4.40. The van der Waals surface area contributed by atoms with Crippen molar-refractivity contribution < 1.29 is 17.2 Å². The topological polar surface area (TPSA) is 86.0 Å². The average molecular weight is 426 g/mol. The molecule has 0 bridgehead atoms. The highest BCUT2D eigenvalue weighted by atomic mass is 32.2. The van der Waals surface area contributed by atoms with Gasteiger partial charge in [-0.3, -0.25) is 4.57 Å². The molecule has 4 rings (SSSR count). The van der Waals surface area contributed by atoms with Crippen LogP contribution in [-0.4, -0.2) is 29.3 Å². The number of aromatic nitrogens is 3. The monoisotopic (exact) mass is 426 g/mol. The van der Waals surface area contributed by atoms with E-state index in [9.17, 15) is 22.0 Å². The van der Waals surface area contributed by atoms with Crippen LogP contribution in [0.2, 0.25) is 0 Å². The van der Waals surface area contributed by atoms with E-state index < -0.39 is 26.6 Å². The first-order valence-corrected chi connectivity index (χ1v) is 10.9. The molecule has 0 radical (unpaired) electrons. The molecule has 1 aliphatic carbocycles. The second kappa shape index (κ2) is 7.22. The Hall–Kier alpha value is -2.37. The van der Waals surface area contributed by atoms with Gasteiger partial charge in [0, 0.05) is 12.6 Å². The van der Waals surface area contributed by atoms with E-state index in [1.807, 2.05) is 17.5 Å². The van der Waals surface area contributed by atoms with E-state index in [2.05, 4.69) is 9.82 Å². The fourth-order valence-corrected chi connectivity index (χ4v) is 4.76. The Morgan fingerprint density at radius 1 is 1.18 bits per heavy atom. The lowest BCUT2D eigenvalue weighted by Gasteiger charge is -2.08. The molecule has 148 valence electrons. The summed E-state index contributed by atoms with van der Waals surface area (Å²) in [5.41, 5.74) is -0.331. The Labute approximate surface area is 163 Å². The summed E-state index contributed by atoms with van der Waals surface area (Å²) in [7, 11) is -4.40. The molecule has 0 unspecified atom stereocenters. The third kappa shape index (κ3) is 3.52. The van der Waals surface area contributed by atoms with Gasteiger partial charge in [0.1, 0.15) is 11.6 Å². The van der Waals surface area contributed by atoms with Crippen LogP contribution >= 0.6 is 11.3 Å². The van der Waals surface area contributed by atoms with Crippen LogP contribution < -0.4 is 10.4 Å². The SMILES string of the molecule is O=c1n(CCNS(=O)(=O)c2c(F)cccc2F)nc(-c2cccs2)n1C1CC1. The van der Waals surface area contributed by atoms with E-state index >= 15 is 0 Å². The standard InChI is InChI=1S/C17H16F2N4O3S2/c18-12-3-1-4-13(19)15(12)28(25,26)20-8-9-22-17(24)23(11-6-7-11)16(21-22)14-5-2-10-27-14/h1-5,10-11,20H,6-9H2. The van der Waals surface area contributed by atoms with E-state index in [0.29, 0.717) is 5.82 Å². The first-order valence-electron chi connectivity index (χ1n) is 8.55. The van der Waals surface area contributed by atoms with Gasteiger partial charge in [-0.15, -0.1) is 16.4 Å². The Kier molecular flexibility index (Phi) is 4.89. The Morgan fingerprint density at radius 2 is 1.89 bits per heavy atom. The van der Waals surface area contributed by atoms with Crippen LogP contribution in [0.4, 0.5) is 8.78 Å². The molecule has 0 saturated heterocycles. The Morgan fingerprint density at radius 3 is 2.50 bits per heavy atom. The summed E-state index contributed by atoms with van der Waals surface area (Å²) >= 11 is 1.46. The second-order valence-electron chi connectivity index (χ2n) is 6.36. The zero-order valence-corrected chi connectivity index (χ0v) is 16.1. The van der Waals surface area contributed by atoms with Crippen LogP contribution in [0, 0.1) is 11.6 Å². The quantitative estimate of drug-likeness (QED) is 0.629. The van der Waals surface area contributed by atoms with Gasteiger partial charge in [0.15, 0.2) is 10.7 Å². The maximum atomic E-state index is 13.7. The first kappa shape index (κ1) is 19.0. The lowest BCUT2D eigenvalue weighted by molar-refractivity contribution is 0.508. The summed E-state index contributed by atoms with van der Waals surface area (Å²) in [6, 6.07) is 6.64. The minimum absolute atomic E-state index is 0.0633. The molecule has 11 heteroatoms. The molecule has 1 aromatic carbocycles.